The zero-order valence-electron chi connectivity index (χ0n) is 45.5. The van der Waals surface area contributed by atoms with Gasteiger partial charge in [0.1, 0.15) is 34.5 Å². The number of hydrogen-bond donors (Lipinski definition) is 2. The fourth-order valence-corrected chi connectivity index (χ4v) is 8.80. The lowest BCUT2D eigenvalue weighted by atomic mass is 10.1. The second-order valence-corrected chi connectivity index (χ2v) is 19.9. The van der Waals surface area contributed by atoms with Crippen molar-refractivity contribution in [3.05, 3.63) is 107 Å². The highest BCUT2D eigenvalue weighted by atomic mass is 16.5. The average Bonchev–Trinajstić information content (AvgIpc) is 3.40. The van der Waals surface area contributed by atoms with Gasteiger partial charge in [-0.2, -0.15) is 0 Å². The van der Waals surface area contributed by atoms with Crippen LogP contribution in [-0.2, 0) is 0 Å². The Labute approximate surface area is 445 Å². The number of rotatable bonds is 43. The van der Waals surface area contributed by atoms with Crippen LogP contribution in [0.2, 0.25) is 0 Å². The number of carbonyl (C=O) groups excluding carboxylic acids is 2. The molecular weight excluding hydrogens is 925 g/mol. The molecule has 4 aromatic rings. The Hall–Kier alpha value is -5.64. The van der Waals surface area contributed by atoms with E-state index in [2.05, 4.69) is 23.8 Å². The van der Waals surface area contributed by atoms with E-state index in [9.17, 15) is 19.8 Å². The third-order valence-corrected chi connectivity index (χ3v) is 13.4. The molecule has 0 bridgehead atoms. The Morgan fingerprint density at radius 2 is 0.662 bits per heavy atom. The number of unbranched alkanes of at least 4 members (excludes halogenated alkanes) is 27. The first-order chi connectivity index (χ1) is 36.4. The molecule has 0 atom stereocenters. The van der Waals surface area contributed by atoms with Crippen molar-refractivity contribution < 1.29 is 38.7 Å². The van der Waals surface area contributed by atoms with Crippen molar-refractivity contribution in [3.63, 3.8) is 0 Å². The smallest absolute Gasteiger partial charge is 0.343 e. The zero-order valence-corrected chi connectivity index (χ0v) is 45.5. The highest BCUT2D eigenvalue weighted by Gasteiger charge is 2.13. The maximum Gasteiger partial charge on any atom is 0.343 e. The molecule has 2 N–H and O–H groups in total. The van der Waals surface area contributed by atoms with Gasteiger partial charge in [0, 0.05) is 48.8 Å². The molecule has 0 saturated carbocycles. The first kappa shape index (κ1) is 60.9. The summed E-state index contributed by atoms with van der Waals surface area (Å²) >= 11 is 0. The van der Waals surface area contributed by atoms with E-state index in [4.69, 9.17) is 18.9 Å². The molecule has 0 amide bonds. The number of nitrogens with zero attached hydrogens (tertiary/aromatic N) is 2. The molecule has 406 valence electrons. The zero-order chi connectivity index (χ0) is 52.5. The van der Waals surface area contributed by atoms with Crippen molar-refractivity contribution in [1.82, 2.24) is 0 Å². The largest absolute Gasteiger partial charge is 0.507 e. The Kier molecular flexibility index (Phi) is 32.7. The standard InChI is InChI=1S/C64H92N2O8/c1-3-5-7-9-11-13-15-17-19-23-27-31-47-71-57-39-33-53(34-40-57)63(69)73-59-43-37-55(61(67)49-59)51-65-45-29-25-21-22-26-30-46-66-52-56-38-44-60(50-62(56)68)74-64(70)54-35-41-58(42-36-54)72-48-32-28-24-20-18-16-14-12-10-8-6-4-2/h33-44,49-52,67-68H,3-32,45-48H2,1-2H3. The Morgan fingerprint density at radius 1 is 0.378 bits per heavy atom. The van der Waals surface area contributed by atoms with Gasteiger partial charge in [-0.1, -0.05) is 181 Å². The van der Waals surface area contributed by atoms with Gasteiger partial charge in [-0.15, -0.1) is 0 Å². The molecule has 10 nitrogen and oxygen atoms in total. The minimum atomic E-state index is -0.501. The van der Waals surface area contributed by atoms with E-state index in [0.717, 1.165) is 62.9 Å². The van der Waals surface area contributed by atoms with Gasteiger partial charge in [-0.05, 0) is 98.5 Å². The normalized spacial score (nSPS) is 11.4. The van der Waals surface area contributed by atoms with Crippen molar-refractivity contribution in [2.75, 3.05) is 26.3 Å². The Bertz CT molecular complexity index is 2000. The summed E-state index contributed by atoms with van der Waals surface area (Å²) in [6, 6.07) is 23.5. The van der Waals surface area contributed by atoms with Gasteiger partial charge >= 0.3 is 11.9 Å². The number of phenols is 2. The quantitative estimate of drug-likeness (QED) is 0.0194. The van der Waals surface area contributed by atoms with E-state index >= 15 is 0 Å². The van der Waals surface area contributed by atoms with Crippen LogP contribution >= 0.6 is 0 Å². The number of aromatic hydroxyl groups is 2. The topological polar surface area (TPSA) is 136 Å². The van der Waals surface area contributed by atoms with Crippen LogP contribution < -0.4 is 18.9 Å². The molecule has 0 aromatic heterocycles. The fourth-order valence-electron chi connectivity index (χ4n) is 8.80. The summed E-state index contributed by atoms with van der Waals surface area (Å²) in [6.07, 6.45) is 40.8. The summed E-state index contributed by atoms with van der Waals surface area (Å²) in [5.74, 6) is 0.990. The number of phenolic OH excluding ortho intramolecular Hbond substituents is 2. The second-order valence-electron chi connectivity index (χ2n) is 19.9. The molecule has 0 unspecified atom stereocenters. The second kappa shape index (κ2) is 39.8. The number of ether oxygens (including phenoxy) is 4. The van der Waals surface area contributed by atoms with Gasteiger partial charge in [0.25, 0.3) is 0 Å². The minimum Gasteiger partial charge on any atom is -0.507 e. The van der Waals surface area contributed by atoms with Gasteiger partial charge in [0.15, 0.2) is 0 Å². The van der Waals surface area contributed by atoms with E-state index in [1.165, 1.54) is 153 Å². The minimum absolute atomic E-state index is 0.000525. The summed E-state index contributed by atoms with van der Waals surface area (Å²) in [5, 5.41) is 21.1. The number of benzene rings is 4. The summed E-state index contributed by atoms with van der Waals surface area (Å²) < 4.78 is 22.8. The maximum absolute atomic E-state index is 12.8. The molecule has 4 rings (SSSR count). The molecule has 0 aliphatic rings. The van der Waals surface area contributed by atoms with Crippen molar-refractivity contribution in [1.29, 1.82) is 0 Å². The highest BCUT2D eigenvalue weighted by Crippen LogP contribution is 2.26. The van der Waals surface area contributed by atoms with E-state index in [1.54, 1.807) is 85.2 Å². The molecule has 0 heterocycles. The first-order valence-electron chi connectivity index (χ1n) is 28.9. The van der Waals surface area contributed by atoms with E-state index in [1.807, 2.05) is 0 Å². The SMILES string of the molecule is CCCCCCCCCCCCCCOc1ccc(C(=O)Oc2ccc(C=NCCCCCCCCN=Cc3ccc(OC(=O)c4ccc(OCCCCCCCCCCCCCC)cc4)cc3O)c(O)c2)cc1. The van der Waals surface area contributed by atoms with Gasteiger partial charge < -0.3 is 29.2 Å². The summed E-state index contributed by atoms with van der Waals surface area (Å²) in [5.41, 5.74) is 1.95. The maximum atomic E-state index is 12.8. The van der Waals surface area contributed by atoms with Gasteiger partial charge in [0.2, 0.25) is 0 Å². The van der Waals surface area contributed by atoms with Crippen molar-refractivity contribution in [3.8, 4) is 34.5 Å². The van der Waals surface area contributed by atoms with Gasteiger partial charge in [-0.3, -0.25) is 9.98 Å². The molecular formula is C64H92N2O8. The van der Waals surface area contributed by atoms with Crippen molar-refractivity contribution >= 4 is 24.4 Å². The van der Waals surface area contributed by atoms with Crippen LogP contribution in [0.25, 0.3) is 0 Å². The number of aliphatic imine (C=N–C) groups is 2. The van der Waals surface area contributed by atoms with E-state index in [0.29, 0.717) is 48.6 Å². The lowest BCUT2D eigenvalue weighted by Gasteiger charge is -2.08. The number of hydrogen-bond acceptors (Lipinski definition) is 10. The molecule has 0 aliphatic heterocycles. The fraction of sp³-hybridized carbons (Fsp3) is 0.562. The van der Waals surface area contributed by atoms with Crippen LogP contribution in [-0.4, -0.2) is 60.9 Å². The number of esters is 2. The lowest BCUT2D eigenvalue weighted by molar-refractivity contribution is 0.0724. The van der Waals surface area contributed by atoms with Crippen molar-refractivity contribution in [2.45, 2.75) is 206 Å². The monoisotopic (exact) mass is 1020 g/mol. The average molecular weight is 1020 g/mol. The van der Waals surface area contributed by atoms with Crippen LogP contribution in [0.3, 0.4) is 0 Å². The molecule has 0 fully saturated rings. The summed E-state index contributed by atoms with van der Waals surface area (Å²) in [4.78, 5) is 34.6. The van der Waals surface area contributed by atoms with Gasteiger partial charge in [0.05, 0.1) is 24.3 Å². The third kappa shape index (κ3) is 27.6. The van der Waals surface area contributed by atoms with Crippen molar-refractivity contribution in [2.24, 2.45) is 9.98 Å². The Balaban J connectivity index is 0.981. The lowest BCUT2D eigenvalue weighted by Crippen LogP contribution is -2.08. The van der Waals surface area contributed by atoms with E-state index in [-0.39, 0.29) is 23.0 Å². The number of carbonyl (C=O) groups is 2. The van der Waals surface area contributed by atoms with Crippen LogP contribution in [0.4, 0.5) is 0 Å². The molecule has 0 aliphatic carbocycles. The molecule has 74 heavy (non-hydrogen) atoms. The molecule has 0 radical (unpaired) electrons. The molecule has 0 spiro atoms. The Morgan fingerprint density at radius 3 is 0.973 bits per heavy atom. The predicted octanol–water partition coefficient (Wildman–Crippen LogP) is 17.6. The predicted molar refractivity (Wildman–Crippen MR) is 305 cm³/mol. The van der Waals surface area contributed by atoms with E-state index < -0.39 is 11.9 Å². The van der Waals surface area contributed by atoms with Gasteiger partial charge in [-0.25, -0.2) is 9.59 Å². The summed E-state index contributed by atoms with van der Waals surface area (Å²) in [7, 11) is 0. The summed E-state index contributed by atoms with van der Waals surface area (Å²) in [6.45, 7) is 7.17. The first-order valence-corrected chi connectivity index (χ1v) is 28.9. The van der Waals surface area contributed by atoms with Crippen LogP contribution in [0.1, 0.15) is 238 Å². The molecule has 0 saturated heterocycles. The van der Waals surface area contributed by atoms with Crippen LogP contribution in [0, 0.1) is 0 Å². The van der Waals surface area contributed by atoms with Crippen LogP contribution in [0.15, 0.2) is 94.9 Å². The molecule has 4 aromatic carbocycles. The molecule has 10 heteroatoms. The third-order valence-electron chi connectivity index (χ3n) is 13.4. The van der Waals surface area contributed by atoms with Crippen LogP contribution in [0.5, 0.6) is 34.5 Å². The highest BCUT2D eigenvalue weighted by molar-refractivity contribution is 5.92.